The van der Waals surface area contributed by atoms with Crippen LogP contribution in [0.25, 0.3) is 0 Å². The van der Waals surface area contributed by atoms with Crippen LogP contribution in [0.5, 0.6) is 0 Å². The van der Waals surface area contributed by atoms with Gasteiger partial charge in [0.2, 0.25) is 17.8 Å². The number of amides is 2. The summed E-state index contributed by atoms with van der Waals surface area (Å²) in [6.45, 7) is 1.96. The Morgan fingerprint density at radius 1 is 1.05 bits per heavy atom. The molecule has 1 saturated carbocycles. The summed E-state index contributed by atoms with van der Waals surface area (Å²) in [4.78, 5) is 28.3. The quantitative estimate of drug-likeness (QED) is 0.771. The fourth-order valence-electron chi connectivity index (χ4n) is 2.04. The van der Waals surface area contributed by atoms with Crippen molar-refractivity contribution in [2.24, 2.45) is 4.99 Å². The van der Waals surface area contributed by atoms with Gasteiger partial charge < -0.3 is 0 Å². The lowest BCUT2D eigenvalue weighted by atomic mass is 9.95. The first-order valence-electron chi connectivity index (χ1n) is 6.39. The van der Waals surface area contributed by atoms with E-state index in [1.54, 1.807) is 0 Å². The second-order valence-electron chi connectivity index (χ2n) is 5.03. The van der Waals surface area contributed by atoms with Crippen LogP contribution in [0.2, 0.25) is 0 Å². The highest BCUT2D eigenvalue weighted by Gasteiger charge is 2.35. The van der Waals surface area contributed by atoms with Gasteiger partial charge in [-0.2, -0.15) is 0 Å². The van der Waals surface area contributed by atoms with Crippen molar-refractivity contribution in [1.29, 1.82) is 0 Å². The van der Waals surface area contributed by atoms with Crippen LogP contribution < -0.4 is 10.6 Å². The van der Waals surface area contributed by atoms with E-state index in [0.717, 1.165) is 18.4 Å². The number of guanidine groups is 1. The molecule has 5 nitrogen and oxygen atoms in total. The Morgan fingerprint density at radius 2 is 1.63 bits per heavy atom. The molecule has 5 heteroatoms. The molecule has 1 aliphatic carbocycles. The topological polar surface area (TPSA) is 70.6 Å². The first kappa shape index (κ1) is 11.9. The number of hydrogen-bond acceptors (Lipinski definition) is 3. The summed E-state index contributed by atoms with van der Waals surface area (Å²) in [6, 6.07) is 7.66. The Balaban J connectivity index is 1.82. The lowest BCUT2D eigenvalue weighted by molar-refractivity contribution is -0.131. The zero-order valence-corrected chi connectivity index (χ0v) is 10.6. The third-order valence-electron chi connectivity index (χ3n) is 3.28. The summed E-state index contributed by atoms with van der Waals surface area (Å²) in [5.41, 5.74) is 1.79. The number of rotatable bonds is 2. The van der Waals surface area contributed by atoms with E-state index in [4.69, 9.17) is 0 Å². The first-order valence-corrected chi connectivity index (χ1v) is 6.39. The van der Waals surface area contributed by atoms with Crippen molar-refractivity contribution in [3.8, 4) is 0 Å². The molecular formula is C14H15N3O2. The molecule has 0 atom stereocenters. The zero-order chi connectivity index (χ0) is 13.4. The number of nitrogens with one attached hydrogen (secondary N) is 2. The van der Waals surface area contributed by atoms with Gasteiger partial charge in [-0.25, -0.2) is 4.99 Å². The van der Waals surface area contributed by atoms with Crippen LogP contribution in [0.1, 0.15) is 29.9 Å². The van der Waals surface area contributed by atoms with Gasteiger partial charge >= 0.3 is 0 Å². The first-order chi connectivity index (χ1) is 9.13. The van der Waals surface area contributed by atoms with Crippen LogP contribution >= 0.6 is 0 Å². The fourth-order valence-corrected chi connectivity index (χ4v) is 2.04. The second kappa shape index (κ2) is 4.50. The third-order valence-corrected chi connectivity index (χ3v) is 3.28. The fraction of sp³-hybridized carbons (Fsp3) is 0.357. The molecule has 0 spiro atoms. The largest absolute Gasteiger partial charge is 0.295 e. The van der Waals surface area contributed by atoms with Gasteiger partial charge in [0.05, 0.1) is 6.04 Å². The average Bonchev–Trinajstić information content (AvgIpc) is 3.14. The molecule has 1 aromatic rings. The Labute approximate surface area is 111 Å². The highest BCUT2D eigenvalue weighted by molar-refractivity contribution is 6.20. The van der Waals surface area contributed by atoms with Gasteiger partial charge in [0, 0.05) is 0 Å². The maximum Gasteiger partial charge on any atom is 0.243 e. The van der Waals surface area contributed by atoms with Gasteiger partial charge in [0.1, 0.15) is 5.92 Å². The van der Waals surface area contributed by atoms with Gasteiger partial charge in [0.15, 0.2) is 0 Å². The molecule has 0 bridgehead atoms. The highest BCUT2D eigenvalue weighted by Crippen LogP contribution is 2.24. The van der Waals surface area contributed by atoms with E-state index in [9.17, 15) is 9.59 Å². The summed E-state index contributed by atoms with van der Waals surface area (Å²) in [5, 5.41) is 5.32. The predicted octanol–water partition coefficient (Wildman–Crippen LogP) is 0.843. The van der Waals surface area contributed by atoms with Crippen LogP contribution in [0, 0.1) is 6.92 Å². The lowest BCUT2D eigenvalue weighted by Crippen LogP contribution is -2.55. The minimum Gasteiger partial charge on any atom is -0.295 e. The number of benzene rings is 1. The Morgan fingerprint density at radius 3 is 2.16 bits per heavy atom. The molecule has 3 rings (SSSR count). The monoisotopic (exact) mass is 257 g/mol. The lowest BCUT2D eigenvalue weighted by Gasteiger charge is -2.23. The van der Waals surface area contributed by atoms with Crippen LogP contribution in [0.4, 0.5) is 0 Å². The van der Waals surface area contributed by atoms with Crippen molar-refractivity contribution in [2.75, 3.05) is 0 Å². The molecule has 0 aromatic heterocycles. The van der Waals surface area contributed by atoms with Gasteiger partial charge in [-0.1, -0.05) is 29.8 Å². The molecule has 2 fully saturated rings. The van der Waals surface area contributed by atoms with E-state index in [0.29, 0.717) is 11.5 Å². The highest BCUT2D eigenvalue weighted by atomic mass is 16.2. The molecule has 98 valence electrons. The summed E-state index contributed by atoms with van der Waals surface area (Å²) in [7, 11) is 0. The minimum absolute atomic E-state index is 0.256. The van der Waals surface area contributed by atoms with Crippen molar-refractivity contribution in [1.82, 2.24) is 10.6 Å². The standard InChI is InChI=1S/C14H15N3O2/c1-8-2-4-9(5-3-8)11-12(18)16-14(17-13(11)19)15-10-6-7-10/h2-5,10-11H,6-7H2,1H3,(H2,15,16,17,18,19). The maximum atomic E-state index is 12.0. The SMILES string of the molecule is Cc1ccc(C2C(=O)NC(=NC3CC3)NC2=O)cc1. The maximum absolute atomic E-state index is 12.0. The van der Waals surface area contributed by atoms with Gasteiger partial charge in [-0.3, -0.25) is 20.2 Å². The van der Waals surface area contributed by atoms with Crippen molar-refractivity contribution >= 4 is 17.8 Å². The average molecular weight is 257 g/mol. The smallest absolute Gasteiger partial charge is 0.243 e. The van der Waals surface area contributed by atoms with Crippen LogP contribution in [-0.2, 0) is 9.59 Å². The van der Waals surface area contributed by atoms with E-state index in [1.165, 1.54) is 0 Å². The minimum atomic E-state index is -0.793. The molecule has 1 saturated heterocycles. The van der Waals surface area contributed by atoms with E-state index >= 15 is 0 Å². The predicted molar refractivity (Wildman–Crippen MR) is 70.7 cm³/mol. The number of hydrogen-bond donors (Lipinski definition) is 2. The van der Waals surface area contributed by atoms with Crippen molar-refractivity contribution in [3.63, 3.8) is 0 Å². The summed E-state index contributed by atoms with van der Waals surface area (Å²) in [5.74, 6) is -1.13. The number of aliphatic imine (C=N–C) groups is 1. The number of aryl methyl sites for hydroxylation is 1. The van der Waals surface area contributed by atoms with E-state index in [-0.39, 0.29) is 17.9 Å². The van der Waals surface area contributed by atoms with Crippen molar-refractivity contribution < 1.29 is 9.59 Å². The Kier molecular flexibility index (Phi) is 2.81. The number of nitrogens with zero attached hydrogens (tertiary/aromatic N) is 1. The molecular weight excluding hydrogens is 242 g/mol. The van der Waals surface area contributed by atoms with Gasteiger partial charge in [-0.15, -0.1) is 0 Å². The summed E-state index contributed by atoms with van der Waals surface area (Å²) in [6.07, 6.45) is 2.05. The molecule has 0 unspecified atom stereocenters. The second-order valence-corrected chi connectivity index (χ2v) is 5.03. The van der Waals surface area contributed by atoms with E-state index in [1.807, 2.05) is 31.2 Å². The summed E-state index contributed by atoms with van der Waals surface area (Å²) >= 11 is 0. The molecule has 2 N–H and O–H groups in total. The van der Waals surface area contributed by atoms with Crippen LogP contribution in [0.3, 0.4) is 0 Å². The third kappa shape index (κ3) is 2.50. The molecule has 1 aliphatic heterocycles. The van der Waals surface area contributed by atoms with Crippen molar-refractivity contribution in [2.45, 2.75) is 31.7 Å². The van der Waals surface area contributed by atoms with Gasteiger partial charge in [0.25, 0.3) is 0 Å². The normalized spacial score (nSPS) is 22.8. The van der Waals surface area contributed by atoms with Crippen LogP contribution in [-0.4, -0.2) is 23.8 Å². The Bertz CT molecular complexity index is 539. The van der Waals surface area contributed by atoms with Gasteiger partial charge in [-0.05, 0) is 25.3 Å². The Hall–Kier alpha value is -2.17. The zero-order valence-electron chi connectivity index (χ0n) is 10.6. The molecule has 1 aromatic carbocycles. The number of carbonyl (C=O) groups is 2. The van der Waals surface area contributed by atoms with E-state index in [2.05, 4.69) is 15.6 Å². The number of carbonyl (C=O) groups excluding carboxylic acids is 2. The van der Waals surface area contributed by atoms with Crippen LogP contribution in [0.15, 0.2) is 29.3 Å². The molecule has 2 aliphatic rings. The van der Waals surface area contributed by atoms with Crippen molar-refractivity contribution in [3.05, 3.63) is 35.4 Å². The summed E-state index contributed by atoms with van der Waals surface area (Å²) < 4.78 is 0. The molecule has 19 heavy (non-hydrogen) atoms. The van der Waals surface area contributed by atoms with E-state index < -0.39 is 5.92 Å². The molecule has 1 heterocycles. The molecule has 0 radical (unpaired) electrons. The molecule has 2 amide bonds.